The van der Waals surface area contributed by atoms with Crippen molar-refractivity contribution in [3.8, 4) is 22.8 Å². The summed E-state index contributed by atoms with van der Waals surface area (Å²) in [5.74, 6) is 1.89. The molecule has 0 radical (unpaired) electrons. The molecule has 144 valence electrons. The predicted molar refractivity (Wildman–Crippen MR) is 106 cm³/mol. The maximum absolute atomic E-state index is 13.1. The van der Waals surface area contributed by atoms with Gasteiger partial charge in [-0.05, 0) is 49.6 Å². The van der Waals surface area contributed by atoms with Crippen LogP contribution in [0.2, 0.25) is 0 Å². The maximum atomic E-state index is 13.1. The third-order valence-electron chi connectivity index (χ3n) is 5.14. The lowest BCUT2D eigenvalue weighted by atomic mass is 10.00. The zero-order valence-corrected chi connectivity index (χ0v) is 16.1. The first kappa shape index (κ1) is 18.1. The SMILES string of the molecule is COc1cccc(-c2cc(C3(C(=O)Nc4cc(C)ccc4OC)CC3)no2)c1. The van der Waals surface area contributed by atoms with E-state index in [9.17, 15) is 4.79 Å². The van der Waals surface area contributed by atoms with Crippen LogP contribution in [-0.4, -0.2) is 25.3 Å². The van der Waals surface area contributed by atoms with Crippen molar-refractivity contribution in [2.75, 3.05) is 19.5 Å². The summed E-state index contributed by atoms with van der Waals surface area (Å²) in [6, 6.07) is 15.1. The third-order valence-corrected chi connectivity index (χ3v) is 5.14. The fraction of sp³-hybridized carbons (Fsp3) is 0.273. The van der Waals surface area contributed by atoms with Crippen molar-refractivity contribution in [2.45, 2.75) is 25.2 Å². The molecule has 6 heteroatoms. The molecule has 6 nitrogen and oxygen atoms in total. The van der Waals surface area contributed by atoms with E-state index in [0.29, 0.717) is 22.9 Å². The molecule has 1 N–H and O–H groups in total. The van der Waals surface area contributed by atoms with E-state index in [-0.39, 0.29) is 5.91 Å². The summed E-state index contributed by atoms with van der Waals surface area (Å²) < 4.78 is 16.2. The van der Waals surface area contributed by atoms with Crippen LogP contribution < -0.4 is 14.8 Å². The van der Waals surface area contributed by atoms with E-state index in [0.717, 1.165) is 29.7 Å². The number of aromatic nitrogens is 1. The fourth-order valence-corrected chi connectivity index (χ4v) is 3.30. The number of hydrogen-bond donors (Lipinski definition) is 1. The number of benzene rings is 2. The highest BCUT2D eigenvalue weighted by Gasteiger charge is 2.54. The number of anilines is 1. The molecule has 1 aliphatic carbocycles. The minimum absolute atomic E-state index is 0.0955. The molecule has 1 heterocycles. The lowest BCUT2D eigenvalue weighted by molar-refractivity contribution is -0.118. The minimum Gasteiger partial charge on any atom is -0.497 e. The molecule has 2 aromatic carbocycles. The highest BCUT2D eigenvalue weighted by molar-refractivity contribution is 6.02. The molecule has 1 saturated carbocycles. The van der Waals surface area contributed by atoms with Crippen molar-refractivity contribution < 1.29 is 18.8 Å². The van der Waals surface area contributed by atoms with E-state index in [1.54, 1.807) is 14.2 Å². The molecule has 0 bridgehead atoms. The Morgan fingerprint density at radius 2 is 1.93 bits per heavy atom. The molecule has 1 aromatic heterocycles. The van der Waals surface area contributed by atoms with Crippen LogP contribution in [0.15, 0.2) is 53.1 Å². The van der Waals surface area contributed by atoms with Crippen LogP contribution in [0.25, 0.3) is 11.3 Å². The second-order valence-corrected chi connectivity index (χ2v) is 7.05. The summed E-state index contributed by atoms with van der Waals surface area (Å²) in [6.07, 6.45) is 1.47. The van der Waals surface area contributed by atoms with Gasteiger partial charge >= 0.3 is 0 Å². The van der Waals surface area contributed by atoms with Crippen LogP contribution in [0.3, 0.4) is 0 Å². The predicted octanol–water partition coefficient (Wildman–Crippen LogP) is 4.34. The van der Waals surface area contributed by atoms with Crippen LogP contribution in [0.5, 0.6) is 11.5 Å². The molecule has 28 heavy (non-hydrogen) atoms. The number of nitrogens with zero attached hydrogens (tertiary/aromatic N) is 1. The normalized spacial score (nSPS) is 14.4. The Morgan fingerprint density at radius 3 is 2.64 bits per heavy atom. The largest absolute Gasteiger partial charge is 0.497 e. The Hall–Kier alpha value is -3.28. The third kappa shape index (κ3) is 3.22. The zero-order valence-electron chi connectivity index (χ0n) is 16.1. The number of methoxy groups -OCH3 is 2. The highest BCUT2D eigenvalue weighted by atomic mass is 16.5. The van der Waals surface area contributed by atoms with Gasteiger partial charge in [0, 0.05) is 11.6 Å². The van der Waals surface area contributed by atoms with Gasteiger partial charge in [-0.2, -0.15) is 0 Å². The van der Waals surface area contributed by atoms with E-state index >= 15 is 0 Å². The maximum Gasteiger partial charge on any atom is 0.236 e. The number of amides is 1. The number of rotatable bonds is 6. The average Bonchev–Trinajstić information content (AvgIpc) is 3.38. The van der Waals surface area contributed by atoms with Gasteiger partial charge in [-0.15, -0.1) is 0 Å². The van der Waals surface area contributed by atoms with E-state index < -0.39 is 5.41 Å². The van der Waals surface area contributed by atoms with Gasteiger partial charge in [0.15, 0.2) is 5.76 Å². The van der Waals surface area contributed by atoms with Crippen molar-refractivity contribution >= 4 is 11.6 Å². The summed E-state index contributed by atoms with van der Waals surface area (Å²) in [7, 11) is 3.21. The van der Waals surface area contributed by atoms with Gasteiger partial charge in [0.2, 0.25) is 5.91 Å². The first-order valence-electron chi connectivity index (χ1n) is 9.13. The van der Waals surface area contributed by atoms with Gasteiger partial charge in [0.05, 0.1) is 31.0 Å². The second-order valence-electron chi connectivity index (χ2n) is 7.05. The van der Waals surface area contributed by atoms with Crippen LogP contribution in [0.1, 0.15) is 24.1 Å². The lowest BCUT2D eigenvalue weighted by Crippen LogP contribution is -2.28. The summed E-state index contributed by atoms with van der Waals surface area (Å²) in [5, 5.41) is 7.20. The topological polar surface area (TPSA) is 73.6 Å². The van der Waals surface area contributed by atoms with Gasteiger partial charge < -0.3 is 19.3 Å². The first-order valence-corrected chi connectivity index (χ1v) is 9.13. The first-order chi connectivity index (χ1) is 13.6. The van der Waals surface area contributed by atoms with Crippen LogP contribution >= 0.6 is 0 Å². The molecule has 1 amide bonds. The molecule has 3 aromatic rings. The van der Waals surface area contributed by atoms with Crippen molar-refractivity contribution in [1.29, 1.82) is 0 Å². The molecular weight excluding hydrogens is 356 g/mol. The molecule has 1 fully saturated rings. The lowest BCUT2D eigenvalue weighted by Gasteiger charge is -2.15. The van der Waals surface area contributed by atoms with Crippen molar-refractivity contribution in [3.05, 3.63) is 59.8 Å². The van der Waals surface area contributed by atoms with Crippen LogP contribution in [0, 0.1) is 6.92 Å². The van der Waals surface area contributed by atoms with Crippen LogP contribution in [-0.2, 0) is 10.2 Å². The Kier molecular flexibility index (Phi) is 4.55. The summed E-state index contributed by atoms with van der Waals surface area (Å²) in [5.41, 5.74) is 2.55. The number of nitrogens with one attached hydrogen (secondary N) is 1. The Bertz CT molecular complexity index is 1020. The van der Waals surface area contributed by atoms with E-state index in [1.807, 2.05) is 55.5 Å². The van der Waals surface area contributed by atoms with Gasteiger partial charge in [-0.3, -0.25) is 4.79 Å². The molecule has 0 saturated heterocycles. The van der Waals surface area contributed by atoms with Gasteiger partial charge in [0.1, 0.15) is 11.5 Å². The average molecular weight is 378 g/mol. The van der Waals surface area contributed by atoms with E-state index in [1.165, 1.54) is 0 Å². The molecule has 0 unspecified atom stereocenters. The monoisotopic (exact) mass is 378 g/mol. The smallest absolute Gasteiger partial charge is 0.236 e. The number of carbonyl (C=O) groups is 1. The molecular formula is C22H22N2O4. The van der Waals surface area contributed by atoms with Crippen molar-refractivity contribution in [1.82, 2.24) is 5.16 Å². The second kappa shape index (κ2) is 7.03. The van der Waals surface area contributed by atoms with Gasteiger partial charge in [-0.25, -0.2) is 0 Å². The number of ether oxygens (including phenoxy) is 2. The molecule has 0 aliphatic heterocycles. The number of aryl methyl sites for hydroxylation is 1. The standard InChI is InChI=1S/C22H22N2O4/c1-14-7-8-18(27-3)17(11-14)23-21(25)22(9-10-22)20-13-19(28-24-20)15-5-4-6-16(12-15)26-2/h4-8,11-13H,9-10H2,1-3H3,(H,23,25). The Labute approximate surface area is 163 Å². The Morgan fingerprint density at radius 1 is 1.11 bits per heavy atom. The molecule has 0 atom stereocenters. The molecule has 1 aliphatic rings. The van der Waals surface area contributed by atoms with E-state index in [2.05, 4.69) is 10.5 Å². The van der Waals surface area contributed by atoms with Gasteiger partial charge in [-0.1, -0.05) is 23.4 Å². The summed E-state index contributed by atoms with van der Waals surface area (Å²) in [6.45, 7) is 1.97. The Balaban J connectivity index is 1.59. The van der Waals surface area contributed by atoms with Crippen molar-refractivity contribution in [2.24, 2.45) is 0 Å². The number of carbonyl (C=O) groups excluding carboxylic acids is 1. The van der Waals surface area contributed by atoms with Crippen molar-refractivity contribution in [3.63, 3.8) is 0 Å². The zero-order chi connectivity index (χ0) is 19.7. The number of hydrogen-bond acceptors (Lipinski definition) is 5. The molecule has 4 rings (SSSR count). The van der Waals surface area contributed by atoms with E-state index in [4.69, 9.17) is 14.0 Å². The molecule has 0 spiro atoms. The quantitative estimate of drug-likeness (QED) is 0.691. The van der Waals surface area contributed by atoms with Crippen LogP contribution in [0.4, 0.5) is 5.69 Å². The van der Waals surface area contributed by atoms with Gasteiger partial charge in [0.25, 0.3) is 0 Å². The fourth-order valence-electron chi connectivity index (χ4n) is 3.30. The highest BCUT2D eigenvalue weighted by Crippen LogP contribution is 2.49. The summed E-state index contributed by atoms with van der Waals surface area (Å²) in [4.78, 5) is 13.1. The minimum atomic E-state index is -0.657. The summed E-state index contributed by atoms with van der Waals surface area (Å²) >= 11 is 0.